The van der Waals surface area contributed by atoms with Crippen LogP contribution in [0.2, 0.25) is 0 Å². The van der Waals surface area contributed by atoms with Crippen LogP contribution >= 0.6 is 0 Å². The number of hydrogen-bond acceptors (Lipinski definition) is 6. The van der Waals surface area contributed by atoms with Crippen molar-refractivity contribution in [2.75, 3.05) is 17.3 Å². The van der Waals surface area contributed by atoms with Gasteiger partial charge in [-0.25, -0.2) is 0 Å². The third-order valence-corrected chi connectivity index (χ3v) is 3.58. The zero-order chi connectivity index (χ0) is 14.0. The van der Waals surface area contributed by atoms with Gasteiger partial charge >= 0.3 is 0 Å². The van der Waals surface area contributed by atoms with Crippen molar-refractivity contribution >= 4 is 11.4 Å². The van der Waals surface area contributed by atoms with Crippen LogP contribution in [-0.2, 0) is 0 Å². The first kappa shape index (κ1) is 14.1. The van der Waals surface area contributed by atoms with Crippen LogP contribution in [0.25, 0.3) is 0 Å². The van der Waals surface area contributed by atoms with Gasteiger partial charge < -0.3 is 33.2 Å². The average molecular weight is 264 g/mol. The lowest BCUT2D eigenvalue weighted by atomic mass is 9.79. The SMILES string of the molecule is Nc1ccccc1N([O-])CC1CC(N)CC(N)(N)C1. The molecular weight excluding hydrogens is 242 g/mol. The van der Waals surface area contributed by atoms with E-state index in [0.717, 1.165) is 11.5 Å². The van der Waals surface area contributed by atoms with Crippen molar-refractivity contribution in [3.63, 3.8) is 0 Å². The van der Waals surface area contributed by atoms with E-state index in [-0.39, 0.29) is 12.0 Å². The molecule has 0 saturated heterocycles. The van der Waals surface area contributed by atoms with Crippen LogP contribution in [0.15, 0.2) is 24.3 Å². The minimum absolute atomic E-state index is 0.0460. The second-order valence-corrected chi connectivity index (χ2v) is 5.62. The zero-order valence-electron chi connectivity index (χ0n) is 11.0. The Morgan fingerprint density at radius 2 is 1.95 bits per heavy atom. The quantitative estimate of drug-likeness (QED) is 0.353. The van der Waals surface area contributed by atoms with Crippen LogP contribution in [0.5, 0.6) is 0 Å². The van der Waals surface area contributed by atoms with Crippen LogP contribution in [0, 0.1) is 11.1 Å². The number of para-hydroxylation sites is 2. The largest absolute Gasteiger partial charge is 0.758 e. The van der Waals surface area contributed by atoms with E-state index in [1.165, 1.54) is 0 Å². The number of hydroxylamine groups is 1. The van der Waals surface area contributed by atoms with Gasteiger partial charge in [-0.05, 0) is 37.3 Å². The number of benzene rings is 1. The second kappa shape index (κ2) is 5.34. The molecule has 1 aromatic carbocycles. The van der Waals surface area contributed by atoms with E-state index >= 15 is 0 Å². The molecule has 0 heterocycles. The van der Waals surface area contributed by atoms with E-state index in [4.69, 9.17) is 22.9 Å². The summed E-state index contributed by atoms with van der Waals surface area (Å²) in [5, 5.41) is 13.1. The van der Waals surface area contributed by atoms with Crippen molar-refractivity contribution in [1.82, 2.24) is 0 Å². The first-order valence-electron chi connectivity index (χ1n) is 6.50. The Bertz CT molecular complexity index is 437. The summed E-state index contributed by atoms with van der Waals surface area (Å²) in [6.07, 6.45) is 1.96. The van der Waals surface area contributed by atoms with E-state index < -0.39 is 5.66 Å². The zero-order valence-corrected chi connectivity index (χ0v) is 11.0. The molecule has 2 atom stereocenters. The molecular formula is C13H22N5O-. The lowest BCUT2D eigenvalue weighted by Crippen LogP contribution is -2.58. The lowest BCUT2D eigenvalue weighted by Gasteiger charge is -2.42. The Labute approximate surface area is 113 Å². The summed E-state index contributed by atoms with van der Waals surface area (Å²) in [5.74, 6) is 0.0934. The van der Waals surface area contributed by atoms with Crippen molar-refractivity contribution in [2.24, 2.45) is 23.1 Å². The molecule has 1 aliphatic rings. The summed E-state index contributed by atoms with van der Waals surface area (Å²) < 4.78 is 0. The molecule has 1 saturated carbocycles. The monoisotopic (exact) mass is 264 g/mol. The van der Waals surface area contributed by atoms with Crippen LogP contribution in [0.3, 0.4) is 0 Å². The van der Waals surface area contributed by atoms with Crippen LogP contribution < -0.4 is 28.0 Å². The minimum Gasteiger partial charge on any atom is -0.758 e. The fourth-order valence-electron chi connectivity index (χ4n) is 2.89. The number of hydrogen-bond donors (Lipinski definition) is 4. The van der Waals surface area contributed by atoms with Gasteiger partial charge in [0.25, 0.3) is 0 Å². The van der Waals surface area contributed by atoms with E-state index in [1.54, 1.807) is 24.3 Å². The molecule has 0 aromatic heterocycles. The van der Waals surface area contributed by atoms with Gasteiger partial charge in [0.1, 0.15) is 0 Å². The van der Waals surface area contributed by atoms with E-state index in [2.05, 4.69) is 0 Å². The van der Waals surface area contributed by atoms with Crippen molar-refractivity contribution < 1.29 is 0 Å². The van der Waals surface area contributed by atoms with E-state index in [0.29, 0.717) is 30.8 Å². The number of nitrogen functional groups attached to an aromatic ring is 1. The number of anilines is 2. The van der Waals surface area contributed by atoms with Crippen LogP contribution in [0.1, 0.15) is 19.3 Å². The van der Waals surface area contributed by atoms with Gasteiger partial charge in [-0.2, -0.15) is 0 Å². The van der Waals surface area contributed by atoms with Gasteiger partial charge in [-0.1, -0.05) is 12.1 Å². The maximum absolute atomic E-state index is 12.2. The molecule has 0 radical (unpaired) electrons. The molecule has 6 heteroatoms. The molecule has 19 heavy (non-hydrogen) atoms. The standard InChI is InChI=1S/C13H22N5O/c14-10-5-9(6-13(16,17)7-10)8-18(19)12-4-2-1-3-11(12)15/h1-4,9-10H,5-8,14-17H2/q-1. The molecule has 1 aliphatic carbocycles. The Kier molecular flexibility index (Phi) is 3.96. The molecule has 0 amide bonds. The highest BCUT2D eigenvalue weighted by molar-refractivity contribution is 5.67. The minimum atomic E-state index is -0.772. The molecule has 0 bridgehead atoms. The fourth-order valence-corrected chi connectivity index (χ4v) is 2.89. The second-order valence-electron chi connectivity index (χ2n) is 5.62. The third-order valence-electron chi connectivity index (χ3n) is 3.58. The summed E-state index contributed by atoms with van der Waals surface area (Å²) in [7, 11) is 0. The van der Waals surface area contributed by atoms with Crippen molar-refractivity contribution in [3.05, 3.63) is 29.5 Å². The molecule has 106 valence electrons. The predicted molar refractivity (Wildman–Crippen MR) is 78.0 cm³/mol. The molecule has 0 aliphatic heterocycles. The van der Waals surface area contributed by atoms with Gasteiger partial charge in [0.15, 0.2) is 0 Å². The van der Waals surface area contributed by atoms with Crippen LogP contribution in [-0.4, -0.2) is 18.2 Å². The molecule has 1 fully saturated rings. The summed E-state index contributed by atoms with van der Waals surface area (Å²) in [6.45, 7) is 0.318. The van der Waals surface area contributed by atoms with Crippen molar-refractivity contribution in [3.8, 4) is 0 Å². The summed E-state index contributed by atoms with van der Waals surface area (Å²) in [4.78, 5) is 0. The molecule has 2 unspecified atom stereocenters. The number of nitrogens with zero attached hydrogens (tertiary/aromatic N) is 1. The van der Waals surface area contributed by atoms with Gasteiger partial charge in [0.2, 0.25) is 0 Å². The Morgan fingerprint density at radius 3 is 2.58 bits per heavy atom. The molecule has 8 N–H and O–H groups in total. The first-order valence-corrected chi connectivity index (χ1v) is 6.50. The Hall–Kier alpha value is -1.34. The molecule has 6 nitrogen and oxygen atoms in total. The highest BCUT2D eigenvalue weighted by Gasteiger charge is 2.33. The van der Waals surface area contributed by atoms with Gasteiger partial charge in [-0.15, -0.1) is 0 Å². The third kappa shape index (κ3) is 3.57. The van der Waals surface area contributed by atoms with Crippen molar-refractivity contribution in [2.45, 2.75) is 31.0 Å². The lowest BCUT2D eigenvalue weighted by molar-refractivity contribution is 0.211. The van der Waals surface area contributed by atoms with Gasteiger partial charge in [0, 0.05) is 18.3 Å². The number of nitrogens with two attached hydrogens (primary N) is 4. The topological polar surface area (TPSA) is 130 Å². The number of rotatable bonds is 3. The summed E-state index contributed by atoms with van der Waals surface area (Å²) >= 11 is 0. The predicted octanol–water partition coefficient (Wildman–Crippen LogP) is 0.314. The van der Waals surface area contributed by atoms with E-state index in [9.17, 15) is 5.21 Å². The highest BCUT2D eigenvalue weighted by atomic mass is 16.5. The fraction of sp³-hybridized carbons (Fsp3) is 0.538. The highest BCUT2D eigenvalue weighted by Crippen LogP contribution is 2.30. The maximum Gasteiger partial charge on any atom is 0.0654 e. The first-order chi connectivity index (χ1) is 8.87. The van der Waals surface area contributed by atoms with Crippen LogP contribution in [0.4, 0.5) is 11.4 Å². The van der Waals surface area contributed by atoms with Gasteiger partial charge in [-0.3, -0.25) is 0 Å². The summed E-state index contributed by atoms with van der Waals surface area (Å²) in [5.41, 5.74) is 23.8. The summed E-state index contributed by atoms with van der Waals surface area (Å²) in [6, 6.07) is 6.97. The maximum atomic E-state index is 12.2. The molecule has 1 aromatic rings. The van der Waals surface area contributed by atoms with Crippen molar-refractivity contribution in [1.29, 1.82) is 0 Å². The Balaban J connectivity index is 2.03. The van der Waals surface area contributed by atoms with E-state index in [1.807, 2.05) is 0 Å². The Morgan fingerprint density at radius 1 is 1.26 bits per heavy atom. The average Bonchev–Trinajstić information content (AvgIpc) is 2.26. The van der Waals surface area contributed by atoms with Gasteiger partial charge in [0.05, 0.1) is 11.4 Å². The normalized spacial score (nSPS) is 26.1. The molecule has 2 rings (SSSR count). The smallest absolute Gasteiger partial charge is 0.0654 e. The molecule has 0 spiro atoms.